The Kier molecular flexibility index (Phi) is 10.7. The number of nitrogens with one attached hydrogen (secondary N) is 4. The second-order valence-electron chi connectivity index (χ2n) is 13.0. The van der Waals surface area contributed by atoms with Crippen molar-refractivity contribution in [2.24, 2.45) is 0 Å². The molecule has 1 aliphatic heterocycles. The first kappa shape index (κ1) is 34.0. The topological polar surface area (TPSA) is 129 Å². The van der Waals surface area contributed by atoms with Gasteiger partial charge in [-0.05, 0) is 87.8 Å². The third-order valence-corrected chi connectivity index (χ3v) is 7.77. The minimum Gasteiger partial charge on any atom is -0.444 e. The normalized spacial score (nSPS) is 14.9. The van der Waals surface area contributed by atoms with Crippen LogP contribution >= 0.6 is 0 Å². The third-order valence-electron chi connectivity index (χ3n) is 7.77. The molecule has 0 saturated carbocycles. The summed E-state index contributed by atoms with van der Waals surface area (Å²) in [5.41, 5.74) is 3.98. The number of carbonyl (C=O) groups is 4. The van der Waals surface area contributed by atoms with Crippen LogP contribution in [0.3, 0.4) is 0 Å². The number of rotatable bonds is 9. The maximum absolute atomic E-state index is 14.1. The highest BCUT2D eigenvalue weighted by molar-refractivity contribution is 6.01. The fourth-order valence-corrected chi connectivity index (χ4v) is 5.36. The molecule has 3 aromatic rings. The van der Waals surface area contributed by atoms with Crippen molar-refractivity contribution in [1.82, 2.24) is 21.3 Å². The van der Waals surface area contributed by atoms with Crippen molar-refractivity contribution in [3.63, 3.8) is 0 Å². The van der Waals surface area contributed by atoms with E-state index in [1.54, 1.807) is 46.6 Å². The van der Waals surface area contributed by atoms with Crippen LogP contribution in [0.2, 0.25) is 0 Å². The van der Waals surface area contributed by atoms with Gasteiger partial charge in [-0.3, -0.25) is 9.59 Å². The molecule has 1 aliphatic rings. The van der Waals surface area contributed by atoms with Crippen molar-refractivity contribution in [3.8, 4) is 11.1 Å². The van der Waals surface area contributed by atoms with Crippen molar-refractivity contribution in [2.75, 3.05) is 18.5 Å². The van der Waals surface area contributed by atoms with Gasteiger partial charge in [0.2, 0.25) is 11.8 Å². The van der Waals surface area contributed by atoms with Gasteiger partial charge in [-0.15, -0.1) is 0 Å². The van der Waals surface area contributed by atoms with Crippen molar-refractivity contribution >= 4 is 29.6 Å². The molecule has 0 saturated heterocycles. The molecule has 4 N–H and O–H groups in total. The van der Waals surface area contributed by atoms with Gasteiger partial charge in [0.25, 0.3) is 0 Å². The van der Waals surface area contributed by atoms with Crippen molar-refractivity contribution < 1.29 is 23.9 Å². The lowest BCUT2D eigenvalue weighted by Gasteiger charge is -2.31. The first-order valence-electron chi connectivity index (χ1n) is 15.6. The minimum absolute atomic E-state index is 0.213. The number of nitrogens with zero attached hydrogens (tertiary/aromatic N) is 1. The molecular weight excluding hydrogens is 582 g/mol. The summed E-state index contributed by atoms with van der Waals surface area (Å²) < 4.78 is 5.33. The number of fused-ring (bicyclic) bond motifs is 1. The number of benzene rings is 3. The van der Waals surface area contributed by atoms with Crippen molar-refractivity contribution in [3.05, 3.63) is 89.5 Å². The average molecular weight is 628 g/mol. The molecule has 0 bridgehead atoms. The number of carbonyl (C=O) groups excluding carboxylic acids is 4. The molecule has 0 spiro atoms. The van der Waals surface area contributed by atoms with Gasteiger partial charge in [-0.25, -0.2) is 9.59 Å². The number of anilines is 1. The Bertz CT molecular complexity index is 1560. The summed E-state index contributed by atoms with van der Waals surface area (Å²) in [6, 6.07) is 23.0. The molecule has 0 radical (unpaired) electrons. The van der Waals surface area contributed by atoms with Crippen LogP contribution in [0, 0.1) is 0 Å². The van der Waals surface area contributed by atoms with Crippen LogP contribution in [0.25, 0.3) is 11.1 Å². The number of aryl methyl sites for hydroxylation is 1. The molecular formula is C36H45N5O5. The summed E-state index contributed by atoms with van der Waals surface area (Å²) >= 11 is 0. The zero-order chi connectivity index (χ0) is 33.5. The van der Waals surface area contributed by atoms with Crippen molar-refractivity contribution in [2.45, 2.75) is 77.6 Å². The van der Waals surface area contributed by atoms with Crippen LogP contribution in [0.1, 0.15) is 57.7 Å². The Labute approximate surface area is 271 Å². The molecule has 10 heteroatoms. The van der Waals surface area contributed by atoms with E-state index in [-0.39, 0.29) is 11.9 Å². The largest absolute Gasteiger partial charge is 0.444 e. The van der Waals surface area contributed by atoms with E-state index in [4.69, 9.17) is 4.74 Å². The van der Waals surface area contributed by atoms with E-state index in [9.17, 15) is 19.2 Å². The maximum atomic E-state index is 14.1. The fraction of sp³-hybridized carbons (Fsp3) is 0.389. The van der Waals surface area contributed by atoms with E-state index >= 15 is 0 Å². The molecule has 0 fully saturated rings. The SMILES string of the molecule is CNC(=O)NCCc1ccccc1-c1ccc(CN2C(=O)[C@H](NC(=O)C(C)(C)NC(=O)OC(C)(C)C)CCc3ccccc32)cc1. The van der Waals surface area contributed by atoms with Gasteiger partial charge in [-0.2, -0.15) is 0 Å². The first-order chi connectivity index (χ1) is 21.8. The van der Waals surface area contributed by atoms with Crippen LogP contribution in [-0.2, 0) is 33.7 Å². The summed E-state index contributed by atoms with van der Waals surface area (Å²) in [5, 5.41) is 10.9. The van der Waals surface area contributed by atoms with E-state index in [0.717, 1.165) is 33.5 Å². The molecule has 0 aromatic heterocycles. The van der Waals surface area contributed by atoms with Crippen LogP contribution < -0.4 is 26.2 Å². The van der Waals surface area contributed by atoms with E-state index in [2.05, 4.69) is 33.4 Å². The number of amides is 5. The molecule has 1 atom stereocenters. The van der Waals surface area contributed by atoms with Gasteiger partial charge in [0.1, 0.15) is 17.2 Å². The number of ether oxygens (including phenoxy) is 1. The van der Waals surface area contributed by atoms with Crippen LogP contribution in [-0.4, -0.2) is 54.7 Å². The Balaban J connectivity index is 1.51. The maximum Gasteiger partial charge on any atom is 0.408 e. The number of hydrogen-bond donors (Lipinski definition) is 4. The average Bonchev–Trinajstić information content (AvgIpc) is 3.13. The second kappa shape index (κ2) is 14.5. The van der Waals surface area contributed by atoms with E-state index in [0.29, 0.717) is 32.4 Å². The Morgan fingerprint density at radius 1 is 0.913 bits per heavy atom. The van der Waals surface area contributed by atoms with Crippen LogP contribution in [0.4, 0.5) is 15.3 Å². The van der Waals surface area contributed by atoms with E-state index in [1.807, 2.05) is 60.7 Å². The molecule has 244 valence electrons. The molecule has 0 unspecified atom stereocenters. The summed E-state index contributed by atoms with van der Waals surface area (Å²) in [4.78, 5) is 53.1. The van der Waals surface area contributed by atoms with Gasteiger partial charge in [0.15, 0.2) is 0 Å². The predicted octanol–water partition coefficient (Wildman–Crippen LogP) is 5.09. The summed E-state index contributed by atoms with van der Waals surface area (Å²) in [5.74, 6) is -0.694. The van der Waals surface area contributed by atoms with E-state index in [1.165, 1.54) is 0 Å². The first-order valence-corrected chi connectivity index (χ1v) is 15.6. The zero-order valence-corrected chi connectivity index (χ0v) is 27.5. The fourth-order valence-electron chi connectivity index (χ4n) is 5.36. The Morgan fingerprint density at radius 3 is 2.28 bits per heavy atom. The standard InChI is InChI=1S/C36H45N5O5/c1-35(2,3)46-34(45)40-36(4,5)32(43)39-29-20-19-27-12-8-10-14-30(27)41(31(29)42)23-24-15-17-26(18-16-24)28-13-9-7-11-25(28)21-22-38-33(44)37-6/h7-18,29H,19-23H2,1-6H3,(H,39,43)(H,40,45)(H2,37,38,44)/t29-/m1/s1. The molecule has 3 aromatic carbocycles. The number of hydrogen-bond acceptors (Lipinski definition) is 5. The predicted molar refractivity (Wildman–Crippen MR) is 179 cm³/mol. The quantitative estimate of drug-likeness (QED) is 0.263. The molecule has 1 heterocycles. The van der Waals surface area contributed by atoms with Gasteiger partial charge in [0.05, 0.1) is 6.54 Å². The van der Waals surface area contributed by atoms with Crippen LogP contribution in [0.5, 0.6) is 0 Å². The summed E-state index contributed by atoms with van der Waals surface area (Å²) in [7, 11) is 1.59. The molecule has 4 rings (SSSR count). The van der Waals surface area contributed by atoms with Gasteiger partial charge in [-0.1, -0.05) is 66.7 Å². The van der Waals surface area contributed by atoms with Crippen molar-refractivity contribution in [1.29, 1.82) is 0 Å². The molecule has 0 aliphatic carbocycles. The smallest absolute Gasteiger partial charge is 0.408 e. The van der Waals surface area contributed by atoms with Gasteiger partial charge in [0, 0.05) is 19.3 Å². The molecule has 10 nitrogen and oxygen atoms in total. The highest BCUT2D eigenvalue weighted by atomic mass is 16.6. The minimum atomic E-state index is -1.31. The Morgan fingerprint density at radius 2 is 1.59 bits per heavy atom. The lowest BCUT2D eigenvalue weighted by atomic mass is 9.96. The van der Waals surface area contributed by atoms with Crippen LogP contribution in [0.15, 0.2) is 72.8 Å². The lowest BCUT2D eigenvalue weighted by molar-refractivity contribution is -0.131. The number of urea groups is 1. The summed E-state index contributed by atoms with van der Waals surface area (Å²) in [6.45, 7) is 9.24. The highest BCUT2D eigenvalue weighted by Gasteiger charge is 2.37. The van der Waals surface area contributed by atoms with Gasteiger partial charge < -0.3 is 30.9 Å². The lowest BCUT2D eigenvalue weighted by Crippen LogP contribution is -2.59. The second-order valence-corrected chi connectivity index (χ2v) is 13.0. The summed E-state index contributed by atoms with van der Waals surface area (Å²) in [6.07, 6.45) is 1.00. The highest BCUT2D eigenvalue weighted by Crippen LogP contribution is 2.30. The third kappa shape index (κ3) is 8.87. The Hall–Kier alpha value is -4.86. The number of para-hydroxylation sites is 1. The number of alkyl carbamates (subject to hydrolysis) is 1. The molecule has 5 amide bonds. The van der Waals surface area contributed by atoms with Gasteiger partial charge >= 0.3 is 12.1 Å². The zero-order valence-electron chi connectivity index (χ0n) is 27.5. The molecule has 46 heavy (non-hydrogen) atoms. The monoisotopic (exact) mass is 627 g/mol. The van der Waals surface area contributed by atoms with E-state index < -0.39 is 29.2 Å².